The predicted octanol–water partition coefficient (Wildman–Crippen LogP) is 5.18. The molecule has 0 saturated heterocycles. The largest absolute Gasteiger partial charge is 0.547 e. The van der Waals surface area contributed by atoms with E-state index >= 15 is 0 Å². The van der Waals surface area contributed by atoms with Crippen LogP contribution in [-0.4, -0.2) is 8.32 Å². The molecule has 2 aromatic carbocycles. The van der Waals surface area contributed by atoms with Crippen LogP contribution in [-0.2, 0) is 4.43 Å². The molecule has 0 aromatic heterocycles. The molecule has 0 bridgehead atoms. The first-order valence-corrected chi connectivity index (χ1v) is 10.4. The van der Waals surface area contributed by atoms with E-state index in [1.54, 1.807) is 0 Å². The average Bonchev–Trinajstić information content (AvgIpc) is 2.39. The van der Waals surface area contributed by atoms with Gasteiger partial charge in [0.25, 0.3) is 0 Å². The van der Waals surface area contributed by atoms with Crippen LogP contribution in [0.3, 0.4) is 0 Å². The summed E-state index contributed by atoms with van der Waals surface area (Å²) in [5.74, 6) is 0.950. The Labute approximate surface area is 123 Å². The van der Waals surface area contributed by atoms with Gasteiger partial charge in [0.05, 0.1) is 11.7 Å². The number of benzene rings is 2. The smallest absolute Gasteiger partial charge is 0.241 e. The lowest BCUT2D eigenvalue weighted by molar-refractivity contribution is 0.396. The van der Waals surface area contributed by atoms with Crippen molar-refractivity contribution in [2.45, 2.75) is 25.6 Å². The Balaban J connectivity index is 2.38. The highest BCUT2D eigenvalue weighted by Gasteiger charge is 2.24. The van der Waals surface area contributed by atoms with Crippen molar-refractivity contribution in [3.63, 3.8) is 0 Å². The van der Waals surface area contributed by atoms with E-state index in [0.29, 0.717) is 0 Å². The molecule has 0 atom stereocenters. The van der Waals surface area contributed by atoms with Crippen LogP contribution in [0.15, 0.2) is 73.0 Å². The van der Waals surface area contributed by atoms with E-state index < -0.39 is 8.32 Å². The number of hydrogen-bond donors (Lipinski definition) is 0. The SMILES string of the molecule is C=C(O[Si](C)(C)C)C(c1ccccc1)c1ccccc1. The van der Waals surface area contributed by atoms with E-state index in [-0.39, 0.29) is 5.92 Å². The van der Waals surface area contributed by atoms with Gasteiger partial charge in [-0.05, 0) is 30.8 Å². The van der Waals surface area contributed by atoms with E-state index in [4.69, 9.17) is 4.43 Å². The fourth-order valence-corrected chi connectivity index (χ4v) is 3.21. The van der Waals surface area contributed by atoms with Gasteiger partial charge in [-0.15, -0.1) is 0 Å². The highest BCUT2D eigenvalue weighted by molar-refractivity contribution is 6.70. The van der Waals surface area contributed by atoms with Crippen LogP contribution in [0.5, 0.6) is 0 Å². The molecule has 0 radical (unpaired) electrons. The van der Waals surface area contributed by atoms with Gasteiger partial charge in [0, 0.05) is 0 Å². The summed E-state index contributed by atoms with van der Waals surface area (Å²) in [6, 6.07) is 20.9. The van der Waals surface area contributed by atoms with Crippen molar-refractivity contribution in [3.8, 4) is 0 Å². The summed E-state index contributed by atoms with van der Waals surface area (Å²) in [7, 11) is -1.65. The summed E-state index contributed by atoms with van der Waals surface area (Å²) < 4.78 is 6.15. The minimum atomic E-state index is -1.65. The number of allylic oxidation sites excluding steroid dienone is 1. The van der Waals surface area contributed by atoms with Crippen molar-refractivity contribution >= 4 is 8.32 Å². The average molecular weight is 282 g/mol. The fraction of sp³-hybridized carbons (Fsp3) is 0.222. The topological polar surface area (TPSA) is 9.23 Å². The normalized spacial score (nSPS) is 11.4. The minimum absolute atomic E-state index is 0.101. The second kappa shape index (κ2) is 6.10. The van der Waals surface area contributed by atoms with Crippen LogP contribution in [0, 0.1) is 0 Å². The maximum atomic E-state index is 6.15. The molecule has 0 amide bonds. The molecule has 2 heteroatoms. The lowest BCUT2D eigenvalue weighted by atomic mass is 9.90. The molecule has 0 aliphatic rings. The maximum absolute atomic E-state index is 6.15. The van der Waals surface area contributed by atoms with Crippen molar-refractivity contribution in [1.82, 2.24) is 0 Å². The van der Waals surface area contributed by atoms with Gasteiger partial charge in [-0.1, -0.05) is 67.2 Å². The molecular weight excluding hydrogens is 260 g/mol. The second-order valence-electron chi connectivity index (χ2n) is 5.94. The summed E-state index contributed by atoms with van der Waals surface area (Å²) >= 11 is 0. The highest BCUT2D eigenvalue weighted by Crippen LogP contribution is 2.32. The Morgan fingerprint density at radius 2 is 1.25 bits per heavy atom. The molecule has 1 nitrogen and oxygen atoms in total. The van der Waals surface area contributed by atoms with Crippen molar-refractivity contribution < 1.29 is 4.43 Å². The zero-order valence-corrected chi connectivity index (χ0v) is 13.5. The number of hydrogen-bond acceptors (Lipinski definition) is 1. The van der Waals surface area contributed by atoms with Crippen LogP contribution < -0.4 is 0 Å². The third-order valence-electron chi connectivity index (χ3n) is 3.03. The molecule has 2 rings (SSSR count). The predicted molar refractivity (Wildman–Crippen MR) is 88.3 cm³/mol. The van der Waals surface area contributed by atoms with Crippen molar-refractivity contribution in [1.29, 1.82) is 0 Å². The van der Waals surface area contributed by atoms with Gasteiger partial charge >= 0.3 is 0 Å². The monoisotopic (exact) mass is 282 g/mol. The van der Waals surface area contributed by atoms with Gasteiger partial charge in [0.1, 0.15) is 0 Å². The molecule has 2 aromatic rings. The third-order valence-corrected chi connectivity index (χ3v) is 3.90. The fourth-order valence-electron chi connectivity index (χ4n) is 2.31. The van der Waals surface area contributed by atoms with Crippen molar-refractivity contribution in [2.75, 3.05) is 0 Å². The van der Waals surface area contributed by atoms with E-state index in [9.17, 15) is 0 Å². The van der Waals surface area contributed by atoms with Crippen LogP contribution in [0.25, 0.3) is 0 Å². The summed E-state index contributed by atoms with van der Waals surface area (Å²) in [6.07, 6.45) is 0. The van der Waals surface area contributed by atoms with Crippen molar-refractivity contribution in [2.24, 2.45) is 0 Å². The van der Waals surface area contributed by atoms with Crippen LogP contribution in [0.4, 0.5) is 0 Å². The van der Waals surface area contributed by atoms with Gasteiger partial charge in [0.2, 0.25) is 8.32 Å². The third kappa shape index (κ3) is 3.84. The summed E-state index contributed by atoms with van der Waals surface area (Å²) in [4.78, 5) is 0. The zero-order chi connectivity index (χ0) is 14.6. The maximum Gasteiger partial charge on any atom is 0.241 e. The Hall–Kier alpha value is -1.80. The van der Waals surface area contributed by atoms with Crippen LogP contribution in [0.2, 0.25) is 19.6 Å². The van der Waals surface area contributed by atoms with Crippen molar-refractivity contribution in [3.05, 3.63) is 84.1 Å². The lowest BCUT2D eigenvalue weighted by Crippen LogP contribution is -2.26. The summed E-state index contributed by atoms with van der Waals surface area (Å²) in [5.41, 5.74) is 2.45. The van der Waals surface area contributed by atoms with Gasteiger partial charge in [-0.25, -0.2) is 0 Å². The first kappa shape index (κ1) is 14.6. The highest BCUT2D eigenvalue weighted by atomic mass is 28.4. The van der Waals surface area contributed by atoms with E-state index in [0.717, 1.165) is 5.76 Å². The Morgan fingerprint density at radius 1 is 0.850 bits per heavy atom. The Bertz CT molecular complexity index is 515. The quantitative estimate of drug-likeness (QED) is 0.542. The molecular formula is C18H22OSi. The molecule has 0 aliphatic heterocycles. The van der Waals surface area contributed by atoms with E-state index in [1.807, 2.05) is 12.1 Å². The molecule has 0 fully saturated rings. The van der Waals surface area contributed by atoms with Gasteiger partial charge in [0.15, 0.2) is 0 Å². The van der Waals surface area contributed by atoms with Crippen LogP contribution in [0.1, 0.15) is 17.0 Å². The second-order valence-corrected chi connectivity index (χ2v) is 10.4. The minimum Gasteiger partial charge on any atom is -0.547 e. The zero-order valence-electron chi connectivity index (χ0n) is 12.5. The molecule has 20 heavy (non-hydrogen) atoms. The van der Waals surface area contributed by atoms with Gasteiger partial charge < -0.3 is 4.43 Å². The molecule has 0 unspecified atom stereocenters. The first-order chi connectivity index (χ1) is 9.47. The van der Waals surface area contributed by atoms with Gasteiger partial charge in [-0.3, -0.25) is 0 Å². The molecule has 0 heterocycles. The van der Waals surface area contributed by atoms with Crippen LogP contribution >= 0.6 is 0 Å². The molecule has 0 N–H and O–H groups in total. The molecule has 0 spiro atoms. The molecule has 0 aliphatic carbocycles. The summed E-state index contributed by atoms with van der Waals surface area (Å²) in [6.45, 7) is 10.8. The standard InChI is InChI=1S/C18H22OSi/c1-15(19-20(2,3)4)18(16-11-7-5-8-12-16)17-13-9-6-10-14-17/h5-14,18H,1H2,2-4H3. The van der Waals surface area contributed by atoms with E-state index in [2.05, 4.69) is 74.8 Å². The molecule has 0 saturated carbocycles. The summed E-state index contributed by atoms with van der Waals surface area (Å²) in [5, 5.41) is 0. The lowest BCUT2D eigenvalue weighted by Gasteiger charge is -2.27. The Kier molecular flexibility index (Phi) is 4.45. The van der Waals surface area contributed by atoms with E-state index in [1.165, 1.54) is 11.1 Å². The first-order valence-electron chi connectivity index (χ1n) is 6.95. The molecule has 104 valence electrons. The Morgan fingerprint density at radius 3 is 1.60 bits per heavy atom. The number of rotatable bonds is 5. The van der Waals surface area contributed by atoms with Gasteiger partial charge in [-0.2, -0.15) is 0 Å².